The fraction of sp³-hybridized carbons (Fsp3) is 0.333. The monoisotopic (exact) mass is 256 g/mol. The van der Waals surface area contributed by atoms with Gasteiger partial charge in [0.05, 0.1) is 0 Å². The Hall–Kier alpha value is -1.76. The normalized spacial score (nSPS) is 10.2. The quantitative estimate of drug-likeness (QED) is 0.770. The molecule has 0 saturated carbocycles. The van der Waals surface area contributed by atoms with Gasteiger partial charge in [0.2, 0.25) is 0 Å². The third kappa shape index (κ3) is 5.17. The Morgan fingerprint density at radius 1 is 0.632 bits per heavy atom. The minimum atomic E-state index is 0.322. The fourth-order valence-electron chi connectivity index (χ4n) is 1.99. The topological polar surface area (TPSA) is 20.2 Å². The van der Waals surface area contributed by atoms with Crippen LogP contribution in [0.25, 0.3) is 0 Å². The van der Waals surface area contributed by atoms with E-state index in [9.17, 15) is 0 Å². The number of phenols is 1. The lowest BCUT2D eigenvalue weighted by Crippen LogP contribution is -1.97. The maximum atomic E-state index is 8.63. The van der Waals surface area contributed by atoms with E-state index in [0.29, 0.717) is 17.6 Å². The van der Waals surface area contributed by atoms with Crippen molar-refractivity contribution in [3.8, 4) is 5.75 Å². The van der Waals surface area contributed by atoms with E-state index in [1.807, 2.05) is 6.07 Å². The van der Waals surface area contributed by atoms with Crippen LogP contribution < -0.4 is 0 Å². The van der Waals surface area contributed by atoms with Gasteiger partial charge >= 0.3 is 0 Å². The number of phenolic OH excluding ortho intramolecular Hbond substituents is 1. The van der Waals surface area contributed by atoms with E-state index >= 15 is 0 Å². The van der Waals surface area contributed by atoms with Gasteiger partial charge in [0.25, 0.3) is 0 Å². The summed E-state index contributed by atoms with van der Waals surface area (Å²) in [5, 5.41) is 8.63. The summed E-state index contributed by atoms with van der Waals surface area (Å²) in [6.07, 6.45) is 0. The Morgan fingerprint density at radius 3 is 1.26 bits per heavy atom. The van der Waals surface area contributed by atoms with Gasteiger partial charge in [0, 0.05) is 0 Å². The highest BCUT2D eigenvalue weighted by Crippen LogP contribution is 2.25. The molecule has 2 aromatic carbocycles. The lowest BCUT2D eigenvalue weighted by molar-refractivity contribution is 0.475. The first-order chi connectivity index (χ1) is 9.02. The highest BCUT2D eigenvalue weighted by atomic mass is 16.3. The van der Waals surface area contributed by atoms with Crippen molar-refractivity contribution in [3.63, 3.8) is 0 Å². The Kier molecular flexibility index (Phi) is 6.14. The Morgan fingerprint density at radius 2 is 1.00 bits per heavy atom. The number of benzene rings is 2. The first-order valence-corrected chi connectivity index (χ1v) is 6.85. The number of para-hydroxylation sites is 1. The summed E-state index contributed by atoms with van der Waals surface area (Å²) in [6, 6.07) is 17.4. The lowest BCUT2D eigenvalue weighted by Gasteiger charge is -2.14. The van der Waals surface area contributed by atoms with Crippen molar-refractivity contribution in [2.24, 2.45) is 0 Å². The second-order valence-corrected chi connectivity index (χ2v) is 5.27. The predicted molar refractivity (Wildman–Crippen MR) is 82.7 cm³/mol. The molecular weight excluding hydrogens is 232 g/mol. The molecule has 1 heteroatoms. The van der Waals surface area contributed by atoms with Crippen LogP contribution in [0.3, 0.4) is 0 Å². The molecule has 0 atom stereocenters. The van der Waals surface area contributed by atoms with Crippen molar-refractivity contribution < 1.29 is 5.11 Å². The minimum absolute atomic E-state index is 0.322. The molecule has 2 rings (SSSR count). The van der Waals surface area contributed by atoms with Crippen LogP contribution in [0.1, 0.15) is 50.7 Å². The van der Waals surface area contributed by atoms with Crippen LogP contribution >= 0.6 is 0 Å². The van der Waals surface area contributed by atoms with Gasteiger partial charge in [0.1, 0.15) is 5.75 Å². The summed E-state index contributed by atoms with van der Waals surface area (Å²) in [7, 11) is 0. The molecule has 0 amide bonds. The van der Waals surface area contributed by atoms with Gasteiger partial charge in [-0.25, -0.2) is 0 Å². The summed E-state index contributed by atoms with van der Waals surface area (Å²) in [5.41, 5.74) is 2.99. The predicted octanol–water partition coefficient (Wildman–Crippen LogP) is 5.33. The van der Waals surface area contributed by atoms with Gasteiger partial charge in [-0.2, -0.15) is 0 Å². The summed E-state index contributed by atoms with van der Waals surface area (Å²) in [5.74, 6) is 1.61. The van der Waals surface area contributed by atoms with E-state index in [1.165, 1.54) is 11.1 Å². The molecule has 0 heterocycles. The van der Waals surface area contributed by atoms with Gasteiger partial charge in [-0.15, -0.1) is 0 Å². The van der Waals surface area contributed by atoms with Crippen molar-refractivity contribution in [1.29, 1.82) is 0 Å². The Balaban J connectivity index is 0.000000218. The van der Waals surface area contributed by atoms with Crippen molar-refractivity contribution in [2.45, 2.75) is 39.5 Å². The van der Waals surface area contributed by atoms with E-state index in [0.717, 1.165) is 0 Å². The Labute approximate surface area is 116 Å². The largest absolute Gasteiger partial charge is 0.508 e. The van der Waals surface area contributed by atoms with Crippen molar-refractivity contribution >= 4 is 0 Å². The minimum Gasteiger partial charge on any atom is -0.508 e. The molecule has 0 aliphatic heterocycles. The average Bonchev–Trinajstić information content (AvgIpc) is 2.40. The third-order valence-electron chi connectivity index (χ3n) is 3.00. The molecule has 19 heavy (non-hydrogen) atoms. The van der Waals surface area contributed by atoms with Gasteiger partial charge in [-0.1, -0.05) is 70.2 Å². The number of aromatic hydroxyl groups is 1. The zero-order valence-corrected chi connectivity index (χ0v) is 12.3. The molecule has 0 aromatic heterocycles. The van der Waals surface area contributed by atoms with E-state index in [1.54, 1.807) is 24.3 Å². The highest BCUT2D eigenvalue weighted by Gasteiger charge is 2.07. The standard InChI is InChI=1S/C12H18.C6H6O/c1-9(2)11-7-5-6-8-12(11)10(3)4;7-6-4-2-1-3-5-6/h5-10H,1-4H3;1-5,7H. The molecular formula is C18H24O. The van der Waals surface area contributed by atoms with Crippen LogP contribution in [-0.4, -0.2) is 5.11 Å². The van der Waals surface area contributed by atoms with Gasteiger partial charge < -0.3 is 5.11 Å². The molecule has 0 saturated heterocycles. The van der Waals surface area contributed by atoms with Crippen LogP contribution in [0.5, 0.6) is 5.75 Å². The Bertz CT molecular complexity index is 445. The average molecular weight is 256 g/mol. The van der Waals surface area contributed by atoms with Crippen LogP contribution in [0.4, 0.5) is 0 Å². The summed E-state index contributed by atoms with van der Waals surface area (Å²) in [4.78, 5) is 0. The number of rotatable bonds is 2. The maximum absolute atomic E-state index is 8.63. The zero-order chi connectivity index (χ0) is 14.3. The smallest absolute Gasteiger partial charge is 0.115 e. The number of hydrogen-bond acceptors (Lipinski definition) is 1. The van der Waals surface area contributed by atoms with Crippen LogP contribution in [-0.2, 0) is 0 Å². The second kappa shape index (κ2) is 7.63. The molecule has 0 bridgehead atoms. The van der Waals surface area contributed by atoms with Gasteiger partial charge in [-0.05, 0) is 35.1 Å². The van der Waals surface area contributed by atoms with Crippen LogP contribution in [0, 0.1) is 0 Å². The second-order valence-electron chi connectivity index (χ2n) is 5.27. The molecule has 0 radical (unpaired) electrons. The van der Waals surface area contributed by atoms with Gasteiger partial charge in [0.15, 0.2) is 0 Å². The molecule has 1 N–H and O–H groups in total. The summed E-state index contributed by atoms with van der Waals surface area (Å²) in [6.45, 7) is 9.00. The van der Waals surface area contributed by atoms with Crippen LogP contribution in [0.2, 0.25) is 0 Å². The lowest BCUT2D eigenvalue weighted by atomic mass is 9.91. The molecule has 0 aliphatic rings. The van der Waals surface area contributed by atoms with Crippen LogP contribution in [0.15, 0.2) is 54.6 Å². The van der Waals surface area contributed by atoms with E-state index in [4.69, 9.17) is 5.11 Å². The van der Waals surface area contributed by atoms with E-state index in [2.05, 4.69) is 52.0 Å². The van der Waals surface area contributed by atoms with Crippen molar-refractivity contribution in [1.82, 2.24) is 0 Å². The molecule has 1 nitrogen and oxygen atoms in total. The first-order valence-electron chi connectivity index (χ1n) is 6.85. The third-order valence-corrected chi connectivity index (χ3v) is 3.00. The summed E-state index contributed by atoms with van der Waals surface area (Å²) < 4.78 is 0. The molecule has 0 spiro atoms. The number of hydrogen-bond donors (Lipinski definition) is 1. The SMILES string of the molecule is CC(C)c1ccccc1C(C)C.Oc1ccccc1. The fourth-order valence-corrected chi connectivity index (χ4v) is 1.99. The van der Waals surface area contributed by atoms with E-state index in [-0.39, 0.29) is 0 Å². The molecule has 0 fully saturated rings. The first kappa shape index (κ1) is 15.3. The zero-order valence-electron chi connectivity index (χ0n) is 12.3. The molecule has 0 aliphatic carbocycles. The molecule has 0 unspecified atom stereocenters. The van der Waals surface area contributed by atoms with Crippen molar-refractivity contribution in [3.05, 3.63) is 65.7 Å². The summed E-state index contributed by atoms with van der Waals surface area (Å²) >= 11 is 0. The van der Waals surface area contributed by atoms with Gasteiger partial charge in [-0.3, -0.25) is 0 Å². The van der Waals surface area contributed by atoms with E-state index < -0.39 is 0 Å². The molecule has 102 valence electrons. The molecule has 2 aromatic rings. The highest BCUT2D eigenvalue weighted by molar-refractivity contribution is 5.31. The van der Waals surface area contributed by atoms with Crippen molar-refractivity contribution in [2.75, 3.05) is 0 Å². The maximum Gasteiger partial charge on any atom is 0.115 e.